The molecule has 2 nitrogen and oxygen atoms in total. The molecule has 0 aliphatic heterocycles. The zero-order valence-electron chi connectivity index (χ0n) is 7.93. The summed E-state index contributed by atoms with van der Waals surface area (Å²) in [6.07, 6.45) is 2.52. The van der Waals surface area contributed by atoms with Gasteiger partial charge in [-0.2, -0.15) is 0 Å². The maximum absolute atomic E-state index is 8.72. The summed E-state index contributed by atoms with van der Waals surface area (Å²) in [7, 11) is 0. The van der Waals surface area contributed by atoms with Crippen LogP contribution in [0, 0.1) is 5.92 Å². The minimum Gasteiger partial charge on any atom is -0.395 e. The number of aliphatic hydroxyl groups is 1. The summed E-state index contributed by atoms with van der Waals surface area (Å²) in [4.78, 5) is 0. The molecule has 0 aliphatic carbocycles. The van der Waals surface area contributed by atoms with Gasteiger partial charge >= 0.3 is 0 Å². The van der Waals surface area contributed by atoms with E-state index in [0.29, 0.717) is 0 Å². The molecule has 0 aromatic carbocycles. The smallest absolute Gasteiger partial charge is 0.0581 e. The van der Waals surface area contributed by atoms with Gasteiger partial charge in [-0.3, -0.25) is 0 Å². The first-order valence-electron chi connectivity index (χ1n) is 4.55. The standard InChI is InChI=1S/C9H21NO/c1-4-5-8(2)6-10-9(3)7-11/h8-11H,4-7H2,1-3H3/t8?,9-/m1/s1. The van der Waals surface area contributed by atoms with Gasteiger partial charge in [0.2, 0.25) is 0 Å². The molecule has 0 aromatic rings. The van der Waals surface area contributed by atoms with Crippen LogP contribution >= 0.6 is 0 Å². The lowest BCUT2D eigenvalue weighted by Gasteiger charge is -2.14. The predicted octanol–water partition coefficient (Wildman–Crippen LogP) is 1.39. The van der Waals surface area contributed by atoms with Crippen LogP contribution < -0.4 is 5.32 Å². The molecule has 0 amide bonds. The minimum atomic E-state index is 0.235. The predicted molar refractivity (Wildman–Crippen MR) is 48.6 cm³/mol. The molecule has 0 saturated carbocycles. The van der Waals surface area contributed by atoms with Gasteiger partial charge in [0.05, 0.1) is 6.61 Å². The third-order valence-corrected chi connectivity index (χ3v) is 1.87. The van der Waals surface area contributed by atoms with E-state index in [4.69, 9.17) is 5.11 Å². The highest BCUT2D eigenvalue weighted by Gasteiger charge is 2.02. The zero-order valence-corrected chi connectivity index (χ0v) is 7.93. The molecule has 1 unspecified atom stereocenters. The van der Waals surface area contributed by atoms with Crippen molar-refractivity contribution in [2.75, 3.05) is 13.2 Å². The first kappa shape index (κ1) is 10.9. The van der Waals surface area contributed by atoms with Crippen LogP contribution in [0.1, 0.15) is 33.6 Å². The van der Waals surface area contributed by atoms with Crippen molar-refractivity contribution in [1.29, 1.82) is 0 Å². The van der Waals surface area contributed by atoms with Gasteiger partial charge in [-0.25, -0.2) is 0 Å². The van der Waals surface area contributed by atoms with Crippen molar-refractivity contribution in [3.05, 3.63) is 0 Å². The van der Waals surface area contributed by atoms with Crippen LogP contribution in [-0.4, -0.2) is 24.3 Å². The van der Waals surface area contributed by atoms with E-state index >= 15 is 0 Å². The molecule has 0 fully saturated rings. The lowest BCUT2D eigenvalue weighted by molar-refractivity contribution is 0.246. The number of rotatable bonds is 6. The highest BCUT2D eigenvalue weighted by molar-refractivity contribution is 4.61. The Labute approximate surface area is 70.0 Å². The van der Waals surface area contributed by atoms with Gasteiger partial charge in [0.25, 0.3) is 0 Å². The van der Waals surface area contributed by atoms with Gasteiger partial charge in [0.15, 0.2) is 0 Å². The van der Waals surface area contributed by atoms with E-state index in [0.717, 1.165) is 12.5 Å². The molecule has 0 aliphatic rings. The summed E-state index contributed by atoms with van der Waals surface area (Å²) >= 11 is 0. The lowest BCUT2D eigenvalue weighted by Crippen LogP contribution is -2.32. The Kier molecular flexibility index (Phi) is 6.57. The molecule has 0 saturated heterocycles. The summed E-state index contributed by atoms with van der Waals surface area (Å²) in [5.74, 6) is 0.731. The summed E-state index contributed by atoms with van der Waals surface area (Å²) in [6.45, 7) is 7.69. The summed E-state index contributed by atoms with van der Waals surface area (Å²) in [6, 6.07) is 0.245. The van der Waals surface area contributed by atoms with Crippen molar-refractivity contribution in [1.82, 2.24) is 5.32 Å². The molecule has 68 valence electrons. The fourth-order valence-electron chi connectivity index (χ4n) is 1.06. The van der Waals surface area contributed by atoms with Crippen molar-refractivity contribution in [3.63, 3.8) is 0 Å². The van der Waals surface area contributed by atoms with Gasteiger partial charge < -0.3 is 10.4 Å². The Morgan fingerprint density at radius 3 is 2.45 bits per heavy atom. The van der Waals surface area contributed by atoms with E-state index in [1.807, 2.05) is 6.92 Å². The molecule has 2 N–H and O–H groups in total. The van der Waals surface area contributed by atoms with E-state index < -0.39 is 0 Å². The number of aliphatic hydroxyl groups excluding tert-OH is 1. The second-order valence-electron chi connectivity index (χ2n) is 3.39. The fraction of sp³-hybridized carbons (Fsp3) is 1.00. The average Bonchev–Trinajstić information content (AvgIpc) is 2.01. The van der Waals surface area contributed by atoms with Crippen molar-refractivity contribution in [2.24, 2.45) is 5.92 Å². The van der Waals surface area contributed by atoms with Gasteiger partial charge in [-0.05, 0) is 25.8 Å². The zero-order chi connectivity index (χ0) is 8.69. The van der Waals surface area contributed by atoms with Gasteiger partial charge in [0, 0.05) is 6.04 Å². The monoisotopic (exact) mass is 159 g/mol. The molecular weight excluding hydrogens is 138 g/mol. The molecule has 0 spiro atoms. The number of hydrogen-bond acceptors (Lipinski definition) is 2. The van der Waals surface area contributed by atoms with Crippen LogP contribution in [0.5, 0.6) is 0 Å². The van der Waals surface area contributed by atoms with E-state index in [-0.39, 0.29) is 12.6 Å². The Morgan fingerprint density at radius 1 is 1.36 bits per heavy atom. The maximum atomic E-state index is 8.72. The SMILES string of the molecule is CCCC(C)CN[C@H](C)CO. The van der Waals surface area contributed by atoms with Crippen LogP contribution in [-0.2, 0) is 0 Å². The van der Waals surface area contributed by atoms with Crippen molar-refractivity contribution < 1.29 is 5.11 Å². The Balaban J connectivity index is 3.22. The molecule has 0 heterocycles. The molecule has 0 rings (SSSR count). The van der Waals surface area contributed by atoms with E-state index in [1.54, 1.807) is 0 Å². The summed E-state index contributed by atoms with van der Waals surface area (Å²) in [5.41, 5.74) is 0. The van der Waals surface area contributed by atoms with Crippen LogP contribution in [0.3, 0.4) is 0 Å². The molecule has 2 atom stereocenters. The van der Waals surface area contributed by atoms with Crippen molar-refractivity contribution in [2.45, 2.75) is 39.7 Å². The summed E-state index contributed by atoms with van der Waals surface area (Å²) < 4.78 is 0. The second-order valence-corrected chi connectivity index (χ2v) is 3.39. The van der Waals surface area contributed by atoms with Gasteiger partial charge in [-0.1, -0.05) is 20.3 Å². The highest BCUT2D eigenvalue weighted by Crippen LogP contribution is 2.02. The minimum absolute atomic E-state index is 0.235. The molecular formula is C9H21NO. The summed E-state index contributed by atoms with van der Waals surface area (Å²) in [5, 5.41) is 12.0. The van der Waals surface area contributed by atoms with Crippen LogP contribution in [0.4, 0.5) is 0 Å². The van der Waals surface area contributed by atoms with Crippen molar-refractivity contribution in [3.8, 4) is 0 Å². The maximum Gasteiger partial charge on any atom is 0.0581 e. The topological polar surface area (TPSA) is 32.3 Å². The molecule has 0 aromatic heterocycles. The van der Waals surface area contributed by atoms with E-state index in [1.165, 1.54) is 12.8 Å². The van der Waals surface area contributed by atoms with Crippen LogP contribution in [0.25, 0.3) is 0 Å². The third-order valence-electron chi connectivity index (χ3n) is 1.87. The van der Waals surface area contributed by atoms with Crippen LogP contribution in [0.15, 0.2) is 0 Å². The lowest BCUT2D eigenvalue weighted by atomic mass is 10.1. The first-order valence-corrected chi connectivity index (χ1v) is 4.55. The largest absolute Gasteiger partial charge is 0.395 e. The van der Waals surface area contributed by atoms with Crippen LogP contribution in [0.2, 0.25) is 0 Å². The normalized spacial score (nSPS) is 16.4. The highest BCUT2D eigenvalue weighted by atomic mass is 16.3. The first-order chi connectivity index (χ1) is 5.20. The molecule has 0 radical (unpaired) electrons. The van der Waals surface area contributed by atoms with Crippen molar-refractivity contribution >= 4 is 0 Å². The Morgan fingerprint density at radius 2 is 2.00 bits per heavy atom. The quantitative estimate of drug-likeness (QED) is 0.614. The fourth-order valence-corrected chi connectivity index (χ4v) is 1.06. The third kappa shape index (κ3) is 6.32. The van der Waals surface area contributed by atoms with E-state index in [2.05, 4.69) is 19.2 Å². The molecule has 11 heavy (non-hydrogen) atoms. The Bertz CT molecular complexity index is 85.6. The molecule has 0 bridgehead atoms. The van der Waals surface area contributed by atoms with Gasteiger partial charge in [-0.15, -0.1) is 0 Å². The molecule has 2 heteroatoms. The number of hydrogen-bond donors (Lipinski definition) is 2. The van der Waals surface area contributed by atoms with E-state index in [9.17, 15) is 0 Å². The Hall–Kier alpha value is -0.0800. The van der Waals surface area contributed by atoms with Gasteiger partial charge in [0.1, 0.15) is 0 Å². The average molecular weight is 159 g/mol. The second kappa shape index (κ2) is 6.62. The number of nitrogens with one attached hydrogen (secondary N) is 1.